The van der Waals surface area contributed by atoms with E-state index in [0.29, 0.717) is 6.04 Å². The van der Waals surface area contributed by atoms with Crippen LogP contribution in [0.15, 0.2) is 12.4 Å². The monoisotopic (exact) mass is 275 g/mol. The Morgan fingerprint density at radius 2 is 2.25 bits per heavy atom. The molecule has 3 rings (SSSR count). The van der Waals surface area contributed by atoms with E-state index in [4.69, 9.17) is 0 Å². The fourth-order valence-corrected chi connectivity index (χ4v) is 4.36. The molecule has 20 heavy (non-hydrogen) atoms. The van der Waals surface area contributed by atoms with Crippen molar-refractivity contribution < 1.29 is 0 Å². The minimum absolute atomic E-state index is 0.514. The Morgan fingerprint density at radius 1 is 1.35 bits per heavy atom. The maximum atomic E-state index is 4.46. The normalized spacial score (nSPS) is 30.0. The lowest BCUT2D eigenvalue weighted by molar-refractivity contribution is 0.279. The summed E-state index contributed by atoms with van der Waals surface area (Å²) in [4.78, 5) is 0. The van der Waals surface area contributed by atoms with Crippen LogP contribution < -0.4 is 5.32 Å². The van der Waals surface area contributed by atoms with E-state index in [1.54, 1.807) is 0 Å². The molecule has 2 bridgehead atoms. The number of nitrogens with one attached hydrogen (secondary N) is 1. The third-order valence-electron chi connectivity index (χ3n) is 5.44. The molecule has 4 atom stereocenters. The van der Waals surface area contributed by atoms with E-state index >= 15 is 0 Å². The molecular formula is C17H29N3. The first kappa shape index (κ1) is 14.1. The summed E-state index contributed by atoms with van der Waals surface area (Å²) in [6.45, 7) is 6.48. The van der Waals surface area contributed by atoms with Crippen molar-refractivity contribution in [1.82, 2.24) is 15.1 Å². The second kappa shape index (κ2) is 6.30. The highest BCUT2D eigenvalue weighted by molar-refractivity contribution is 5.11. The second-order valence-corrected chi connectivity index (χ2v) is 6.81. The topological polar surface area (TPSA) is 29.9 Å². The molecule has 1 aromatic heterocycles. The molecule has 0 spiro atoms. The zero-order valence-corrected chi connectivity index (χ0v) is 13.0. The van der Waals surface area contributed by atoms with Crippen LogP contribution in [0.1, 0.15) is 64.0 Å². The van der Waals surface area contributed by atoms with Gasteiger partial charge in [0.25, 0.3) is 0 Å². The molecule has 2 fully saturated rings. The first-order valence-electron chi connectivity index (χ1n) is 8.55. The molecule has 2 saturated carbocycles. The van der Waals surface area contributed by atoms with Gasteiger partial charge in [-0.05, 0) is 63.3 Å². The summed E-state index contributed by atoms with van der Waals surface area (Å²) in [5.41, 5.74) is 1.39. The molecule has 112 valence electrons. The molecule has 1 heterocycles. The van der Waals surface area contributed by atoms with Gasteiger partial charge in [-0.25, -0.2) is 0 Å². The summed E-state index contributed by atoms with van der Waals surface area (Å²) in [6, 6.07) is 0.514. The SMILES string of the molecule is CCCNC(CC1CC2CCC1C2)c1cnn(CC)c1. The van der Waals surface area contributed by atoms with Crippen molar-refractivity contribution in [3.63, 3.8) is 0 Å². The van der Waals surface area contributed by atoms with Crippen molar-refractivity contribution in [2.45, 2.75) is 65.0 Å². The number of hydrogen-bond donors (Lipinski definition) is 1. The first-order chi connectivity index (χ1) is 9.80. The summed E-state index contributed by atoms with van der Waals surface area (Å²) in [5, 5.41) is 8.22. The average Bonchev–Trinajstić information content (AvgIpc) is 3.18. The highest BCUT2D eigenvalue weighted by Crippen LogP contribution is 2.50. The van der Waals surface area contributed by atoms with Crippen molar-refractivity contribution in [2.75, 3.05) is 6.54 Å². The molecule has 0 aromatic carbocycles. The Bertz CT molecular complexity index is 426. The van der Waals surface area contributed by atoms with Crippen LogP contribution in [0.5, 0.6) is 0 Å². The number of hydrogen-bond acceptors (Lipinski definition) is 2. The summed E-state index contributed by atoms with van der Waals surface area (Å²) < 4.78 is 2.05. The number of nitrogens with zero attached hydrogens (tertiary/aromatic N) is 2. The maximum Gasteiger partial charge on any atom is 0.0537 e. The van der Waals surface area contributed by atoms with Crippen LogP contribution in [-0.2, 0) is 6.54 Å². The van der Waals surface area contributed by atoms with Gasteiger partial charge in [-0.2, -0.15) is 5.10 Å². The Morgan fingerprint density at radius 3 is 2.85 bits per heavy atom. The predicted octanol–water partition coefficient (Wildman–Crippen LogP) is 3.77. The van der Waals surface area contributed by atoms with Crippen molar-refractivity contribution in [1.29, 1.82) is 0 Å². The molecular weight excluding hydrogens is 246 g/mol. The molecule has 2 aliphatic carbocycles. The minimum atomic E-state index is 0.514. The zero-order chi connectivity index (χ0) is 13.9. The van der Waals surface area contributed by atoms with Gasteiger partial charge in [0.1, 0.15) is 0 Å². The summed E-state index contributed by atoms with van der Waals surface area (Å²) in [5.74, 6) is 3.02. The lowest BCUT2D eigenvalue weighted by Crippen LogP contribution is -2.26. The number of aryl methyl sites for hydroxylation is 1. The van der Waals surface area contributed by atoms with Crippen molar-refractivity contribution in [2.24, 2.45) is 17.8 Å². The fourth-order valence-electron chi connectivity index (χ4n) is 4.36. The summed E-state index contributed by atoms with van der Waals surface area (Å²) >= 11 is 0. The Balaban J connectivity index is 1.66. The average molecular weight is 275 g/mol. The van der Waals surface area contributed by atoms with Crippen LogP contribution in [-0.4, -0.2) is 16.3 Å². The van der Waals surface area contributed by atoms with Gasteiger partial charge in [0.2, 0.25) is 0 Å². The smallest absolute Gasteiger partial charge is 0.0537 e. The molecule has 4 unspecified atom stereocenters. The van der Waals surface area contributed by atoms with Crippen LogP contribution in [0.2, 0.25) is 0 Å². The maximum absolute atomic E-state index is 4.46. The van der Waals surface area contributed by atoms with Gasteiger partial charge in [0, 0.05) is 24.3 Å². The van der Waals surface area contributed by atoms with Crippen molar-refractivity contribution in [3.05, 3.63) is 18.0 Å². The Labute approximate surface area is 123 Å². The number of fused-ring (bicyclic) bond motifs is 2. The highest BCUT2D eigenvalue weighted by atomic mass is 15.3. The molecule has 0 radical (unpaired) electrons. The molecule has 3 nitrogen and oxygen atoms in total. The van der Waals surface area contributed by atoms with Crippen LogP contribution in [0.3, 0.4) is 0 Å². The van der Waals surface area contributed by atoms with E-state index < -0.39 is 0 Å². The van der Waals surface area contributed by atoms with Gasteiger partial charge in [0.05, 0.1) is 6.20 Å². The van der Waals surface area contributed by atoms with E-state index in [1.807, 2.05) is 0 Å². The Kier molecular flexibility index (Phi) is 4.45. The van der Waals surface area contributed by atoms with Gasteiger partial charge in [-0.15, -0.1) is 0 Å². The van der Waals surface area contributed by atoms with Crippen molar-refractivity contribution in [3.8, 4) is 0 Å². The Hall–Kier alpha value is -0.830. The summed E-state index contributed by atoms with van der Waals surface area (Å²) in [7, 11) is 0. The highest BCUT2D eigenvalue weighted by Gasteiger charge is 2.40. The van der Waals surface area contributed by atoms with Gasteiger partial charge < -0.3 is 5.32 Å². The number of aromatic nitrogens is 2. The van der Waals surface area contributed by atoms with Gasteiger partial charge >= 0.3 is 0 Å². The molecule has 1 aromatic rings. The van der Waals surface area contributed by atoms with Crippen LogP contribution in [0.25, 0.3) is 0 Å². The quantitative estimate of drug-likeness (QED) is 0.821. The van der Waals surface area contributed by atoms with Crippen LogP contribution in [0.4, 0.5) is 0 Å². The van der Waals surface area contributed by atoms with Gasteiger partial charge in [-0.1, -0.05) is 13.3 Å². The predicted molar refractivity (Wildman–Crippen MR) is 82.5 cm³/mol. The van der Waals surface area contributed by atoms with Crippen molar-refractivity contribution >= 4 is 0 Å². The fraction of sp³-hybridized carbons (Fsp3) is 0.824. The van der Waals surface area contributed by atoms with E-state index in [1.165, 1.54) is 44.1 Å². The van der Waals surface area contributed by atoms with Gasteiger partial charge in [-0.3, -0.25) is 4.68 Å². The van der Waals surface area contributed by atoms with E-state index in [2.05, 4.69) is 41.3 Å². The van der Waals surface area contributed by atoms with E-state index in [-0.39, 0.29) is 0 Å². The standard InChI is InChI=1S/C17H29N3/c1-3-7-18-17(16-11-19-20(4-2)12-16)10-15-9-13-5-6-14(15)8-13/h11-15,17-18H,3-10H2,1-2H3. The number of rotatable bonds is 7. The van der Waals surface area contributed by atoms with Crippen LogP contribution >= 0.6 is 0 Å². The van der Waals surface area contributed by atoms with E-state index in [0.717, 1.165) is 30.8 Å². The lowest BCUT2D eigenvalue weighted by atomic mass is 9.83. The second-order valence-electron chi connectivity index (χ2n) is 6.81. The molecule has 3 heteroatoms. The van der Waals surface area contributed by atoms with Crippen LogP contribution in [0, 0.1) is 17.8 Å². The third kappa shape index (κ3) is 2.93. The zero-order valence-electron chi connectivity index (χ0n) is 13.0. The molecule has 1 N–H and O–H groups in total. The largest absolute Gasteiger partial charge is 0.310 e. The molecule has 2 aliphatic rings. The lowest BCUT2D eigenvalue weighted by Gasteiger charge is -2.27. The summed E-state index contributed by atoms with van der Waals surface area (Å²) in [6.07, 6.45) is 12.8. The minimum Gasteiger partial charge on any atom is -0.310 e. The third-order valence-corrected chi connectivity index (χ3v) is 5.44. The van der Waals surface area contributed by atoms with E-state index in [9.17, 15) is 0 Å². The molecule has 0 aliphatic heterocycles. The molecule has 0 saturated heterocycles. The molecule has 0 amide bonds. The van der Waals surface area contributed by atoms with Gasteiger partial charge in [0.15, 0.2) is 0 Å². The first-order valence-corrected chi connectivity index (χ1v) is 8.55.